The average Bonchev–Trinajstić information content (AvgIpc) is 3.19. The SMILES string of the molecule is CC.CC1CCCC(C)N1CCCC(=O)Nc1cc(-c2ccc(C(F)(F)F)cc2)[nH]n1. The zero-order chi connectivity index (χ0) is 23.0. The highest BCUT2D eigenvalue weighted by Crippen LogP contribution is 2.31. The van der Waals surface area contributed by atoms with Crippen LogP contribution in [0.25, 0.3) is 11.3 Å². The monoisotopic (exact) mass is 438 g/mol. The second kappa shape index (κ2) is 11.3. The molecule has 1 aromatic heterocycles. The molecule has 0 radical (unpaired) electrons. The van der Waals surface area contributed by atoms with Crippen molar-refractivity contribution in [2.75, 3.05) is 11.9 Å². The molecule has 2 aromatic rings. The number of piperidine rings is 1. The summed E-state index contributed by atoms with van der Waals surface area (Å²) >= 11 is 0. The van der Waals surface area contributed by atoms with Gasteiger partial charge in [-0.05, 0) is 57.4 Å². The number of aromatic amines is 1. The molecule has 1 aromatic carbocycles. The van der Waals surface area contributed by atoms with Crippen LogP contribution in [0.3, 0.4) is 0 Å². The van der Waals surface area contributed by atoms with E-state index in [0.29, 0.717) is 35.6 Å². The molecule has 1 aliphatic heterocycles. The Bertz CT molecular complexity index is 807. The number of H-pyrrole nitrogens is 1. The Balaban J connectivity index is 0.00000166. The maximum Gasteiger partial charge on any atom is 0.416 e. The maximum absolute atomic E-state index is 12.7. The molecule has 2 heterocycles. The van der Waals surface area contributed by atoms with Crippen LogP contribution < -0.4 is 5.32 Å². The van der Waals surface area contributed by atoms with E-state index in [1.807, 2.05) is 13.8 Å². The predicted octanol–water partition coefficient (Wildman–Crippen LogP) is 6.10. The van der Waals surface area contributed by atoms with Crippen molar-refractivity contribution in [1.29, 1.82) is 0 Å². The van der Waals surface area contributed by atoms with Crippen LogP contribution in [0.1, 0.15) is 65.4 Å². The lowest BCUT2D eigenvalue weighted by Gasteiger charge is -2.39. The number of rotatable bonds is 6. The number of carbonyl (C=O) groups excluding carboxylic acids is 1. The van der Waals surface area contributed by atoms with Gasteiger partial charge < -0.3 is 5.32 Å². The van der Waals surface area contributed by atoms with Gasteiger partial charge in [-0.15, -0.1) is 0 Å². The van der Waals surface area contributed by atoms with E-state index in [2.05, 4.69) is 34.3 Å². The number of aromatic nitrogens is 2. The number of anilines is 1. The normalized spacial score (nSPS) is 19.5. The number of hydrogen-bond donors (Lipinski definition) is 2. The Morgan fingerprint density at radius 1 is 1.16 bits per heavy atom. The lowest BCUT2D eigenvalue weighted by Crippen LogP contribution is -2.44. The van der Waals surface area contributed by atoms with Crippen molar-refractivity contribution in [2.24, 2.45) is 0 Å². The summed E-state index contributed by atoms with van der Waals surface area (Å²) < 4.78 is 38.0. The van der Waals surface area contributed by atoms with Crippen LogP contribution in [-0.4, -0.2) is 39.6 Å². The minimum absolute atomic E-state index is 0.118. The molecule has 2 atom stereocenters. The summed E-state index contributed by atoms with van der Waals surface area (Å²) in [4.78, 5) is 14.7. The van der Waals surface area contributed by atoms with Crippen LogP contribution in [0.15, 0.2) is 30.3 Å². The molecule has 1 amide bonds. The summed E-state index contributed by atoms with van der Waals surface area (Å²) in [5.41, 5.74) is 0.413. The highest BCUT2D eigenvalue weighted by atomic mass is 19.4. The molecule has 5 nitrogen and oxygen atoms in total. The van der Waals surface area contributed by atoms with E-state index >= 15 is 0 Å². The molecule has 0 saturated carbocycles. The topological polar surface area (TPSA) is 61.0 Å². The molecule has 1 fully saturated rings. The Morgan fingerprint density at radius 3 is 2.35 bits per heavy atom. The Morgan fingerprint density at radius 2 is 1.77 bits per heavy atom. The van der Waals surface area contributed by atoms with Crippen molar-refractivity contribution in [2.45, 2.75) is 78.1 Å². The van der Waals surface area contributed by atoms with Crippen molar-refractivity contribution in [3.8, 4) is 11.3 Å². The minimum Gasteiger partial charge on any atom is -0.309 e. The maximum atomic E-state index is 12.7. The molecule has 2 unspecified atom stereocenters. The third kappa shape index (κ3) is 7.09. The van der Waals surface area contributed by atoms with E-state index in [4.69, 9.17) is 0 Å². The average molecular weight is 439 g/mol. The molecule has 172 valence electrons. The van der Waals surface area contributed by atoms with Gasteiger partial charge in [0.15, 0.2) is 5.82 Å². The van der Waals surface area contributed by atoms with E-state index in [-0.39, 0.29) is 5.91 Å². The standard InChI is InChI=1S/C21H27F3N4O.C2H6/c1-14-5-3-6-15(2)28(14)12-4-7-20(29)25-19-13-18(26-27-19)16-8-10-17(11-9-16)21(22,23)24;1-2/h8-11,13-15H,3-7,12H2,1-2H3,(H2,25,26,27,29);1-2H3. The van der Waals surface area contributed by atoms with Gasteiger partial charge in [0.25, 0.3) is 0 Å². The van der Waals surface area contributed by atoms with Gasteiger partial charge in [0.1, 0.15) is 0 Å². The van der Waals surface area contributed by atoms with Gasteiger partial charge in [-0.25, -0.2) is 0 Å². The Kier molecular flexibility index (Phi) is 9.10. The first kappa shape index (κ1) is 24.9. The number of halogens is 3. The summed E-state index contributed by atoms with van der Waals surface area (Å²) in [7, 11) is 0. The molecular formula is C23H33F3N4O. The third-order valence-corrected chi connectivity index (χ3v) is 5.56. The molecular weight excluding hydrogens is 405 g/mol. The lowest BCUT2D eigenvalue weighted by molar-refractivity contribution is -0.137. The van der Waals surface area contributed by atoms with Crippen LogP contribution in [0.5, 0.6) is 0 Å². The van der Waals surface area contributed by atoms with Gasteiger partial charge in [0.05, 0.1) is 11.3 Å². The van der Waals surface area contributed by atoms with Gasteiger partial charge in [-0.1, -0.05) is 32.4 Å². The molecule has 1 saturated heterocycles. The number of hydrogen-bond acceptors (Lipinski definition) is 3. The Hall–Kier alpha value is -2.35. The first-order valence-electron chi connectivity index (χ1n) is 11.0. The van der Waals surface area contributed by atoms with Crippen LogP contribution in [0.2, 0.25) is 0 Å². The fourth-order valence-corrected chi connectivity index (χ4v) is 3.92. The second-order valence-corrected chi connectivity index (χ2v) is 7.76. The molecule has 3 rings (SSSR count). The van der Waals surface area contributed by atoms with Gasteiger partial charge in [-0.3, -0.25) is 14.8 Å². The van der Waals surface area contributed by atoms with E-state index < -0.39 is 11.7 Å². The summed E-state index contributed by atoms with van der Waals surface area (Å²) in [6.07, 6.45) is 0.483. The molecule has 0 bridgehead atoms. The van der Waals surface area contributed by atoms with Crippen LogP contribution in [0, 0.1) is 0 Å². The van der Waals surface area contributed by atoms with Crippen LogP contribution >= 0.6 is 0 Å². The van der Waals surface area contributed by atoms with Crippen LogP contribution in [-0.2, 0) is 11.0 Å². The number of benzene rings is 1. The second-order valence-electron chi connectivity index (χ2n) is 7.76. The molecule has 8 heteroatoms. The van der Waals surface area contributed by atoms with Crippen molar-refractivity contribution in [3.63, 3.8) is 0 Å². The summed E-state index contributed by atoms with van der Waals surface area (Å²) in [5, 5.41) is 9.54. The van der Waals surface area contributed by atoms with Crippen LogP contribution in [0.4, 0.5) is 19.0 Å². The quantitative estimate of drug-likeness (QED) is 0.573. The molecule has 31 heavy (non-hydrogen) atoms. The lowest BCUT2D eigenvalue weighted by atomic mass is 9.97. The van der Waals surface area contributed by atoms with Crippen molar-refractivity contribution >= 4 is 11.7 Å². The predicted molar refractivity (Wildman–Crippen MR) is 118 cm³/mol. The largest absolute Gasteiger partial charge is 0.416 e. The zero-order valence-corrected chi connectivity index (χ0v) is 18.7. The number of likely N-dealkylation sites (tertiary alicyclic amines) is 1. The van der Waals surface area contributed by atoms with Crippen molar-refractivity contribution in [1.82, 2.24) is 15.1 Å². The summed E-state index contributed by atoms with van der Waals surface area (Å²) in [6, 6.07) is 7.54. The summed E-state index contributed by atoms with van der Waals surface area (Å²) in [6.45, 7) is 9.37. The smallest absolute Gasteiger partial charge is 0.309 e. The molecule has 0 spiro atoms. The zero-order valence-electron chi connectivity index (χ0n) is 18.7. The van der Waals surface area contributed by atoms with Crippen molar-refractivity contribution < 1.29 is 18.0 Å². The highest BCUT2D eigenvalue weighted by molar-refractivity contribution is 5.90. The van der Waals surface area contributed by atoms with Gasteiger partial charge in [-0.2, -0.15) is 18.3 Å². The minimum atomic E-state index is -4.37. The molecule has 1 aliphatic rings. The fraction of sp³-hybridized carbons (Fsp3) is 0.565. The van der Waals surface area contributed by atoms with E-state index in [1.54, 1.807) is 6.07 Å². The van der Waals surface area contributed by atoms with Gasteiger partial charge in [0, 0.05) is 24.6 Å². The molecule has 0 aliphatic carbocycles. The van der Waals surface area contributed by atoms with E-state index in [0.717, 1.165) is 25.1 Å². The van der Waals surface area contributed by atoms with E-state index in [1.165, 1.54) is 31.4 Å². The van der Waals surface area contributed by atoms with Gasteiger partial charge >= 0.3 is 6.18 Å². The molecule has 2 N–H and O–H groups in total. The Labute approximate surface area is 182 Å². The number of nitrogens with one attached hydrogen (secondary N) is 2. The third-order valence-electron chi connectivity index (χ3n) is 5.56. The number of nitrogens with zero attached hydrogens (tertiary/aromatic N) is 2. The fourth-order valence-electron chi connectivity index (χ4n) is 3.92. The van der Waals surface area contributed by atoms with E-state index in [9.17, 15) is 18.0 Å². The first-order chi connectivity index (χ1) is 14.7. The van der Waals surface area contributed by atoms with Gasteiger partial charge in [0.2, 0.25) is 5.91 Å². The summed E-state index contributed by atoms with van der Waals surface area (Å²) in [5.74, 6) is 0.248. The van der Waals surface area contributed by atoms with Crippen molar-refractivity contribution in [3.05, 3.63) is 35.9 Å². The number of amides is 1. The number of carbonyl (C=O) groups is 1. The first-order valence-corrected chi connectivity index (χ1v) is 11.0. The number of alkyl halides is 3. The highest BCUT2D eigenvalue weighted by Gasteiger charge is 2.30.